The van der Waals surface area contributed by atoms with Crippen molar-refractivity contribution in [3.8, 4) is 0 Å². The van der Waals surface area contributed by atoms with Gasteiger partial charge < -0.3 is 25.1 Å². The zero-order valence-electron chi connectivity index (χ0n) is 13.9. The largest absolute Gasteiger partial charge is 0.506 e. The molecule has 2 aliphatic rings. The zero-order chi connectivity index (χ0) is 17.8. The van der Waals surface area contributed by atoms with Crippen molar-refractivity contribution in [2.75, 3.05) is 39.9 Å². The zero-order valence-corrected chi connectivity index (χ0v) is 13.9. The Morgan fingerprint density at radius 3 is 2.76 bits per heavy atom. The molecule has 3 rings (SSSR count). The fourth-order valence-electron chi connectivity index (χ4n) is 2.64. The highest BCUT2D eigenvalue weighted by molar-refractivity contribution is 6.51. The summed E-state index contributed by atoms with van der Waals surface area (Å²) in [6.45, 7) is 2.75. The summed E-state index contributed by atoms with van der Waals surface area (Å²) in [6.07, 6.45) is 3.08. The SMILES string of the molecule is CN1CC(=Nc2ccc(C(=O)N3CCOCC3)cn2)C=C(B(O)O)N1. The molecular weight excluding hydrogens is 325 g/mol. The molecule has 3 N–H and O–H groups in total. The Labute approximate surface area is 145 Å². The summed E-state index contributed by atoms with van der Waals surface area (Å²) in [7, 11) is 0.164. The molecule has 1 amide bonds. The van der Waals surface area contributed by atoms with Crippen molar-refractivity contribution in [3.05, 3.63) is 35.6 Å². The van der Waals surface area contributed by atoms with Gasteiger partial charge in [0.05, 0.1) is 36.6 Å². The number of hydrogen-bond acceptors (Lipinski definition) is 8. The van der Waals surface area contributed by atoms with Gasteiger partial charge in [-0.15, -0.1) is 0 Å². The molecule has 1 fully saturated rings. The second kappa shape index (κ2) is 7.75. The molecule has 9 nitrogen and oxygen atoms in total. The Hall–Kier alpha value is -2.27. The molecule has 0 spiro atoms. The molecular formula is C15H20BN5O4. The maximum Gasteiger partial charge on any atom is 0.506 e. The number of hydrazine groups is 1. The van der Waals surface area contributed by atoms with E-state index in [1.807, 2.05) is 0 Å². The summed E-state index contributed by atoms with van der Waals surface area (Å²) in [6, 6.07) is 3.37. The first-order valence-corrected chi connectivity index (χ1v) is 7.99. The second-order valence-electron chi connectivity index (χ2n) is 5.85. The Bertz CT molecular complexity index is 686. The maximum absolute atomic E-state index is 12.4. The van der Waals surface area contributed by atoms with Crippen molar-refractivity contribution in [1.29, 1.82) is 0 Å². The molecule has 25 heavy (non-hydrogen) atoms. The lowest BCUT2D eigenvalue weighted by Crippen LogP contribution is -2.46. The Balaban J connectivity index is 1.73. The van der Waals surface area contributed by atoms with E-state index in [2.05, 4.69) is 15.4 Å². The molecule has 0 bridgehead atoms. The minimum absolute atomic E-state index is 0.0674. The van der Waals surface area contributed by atoms with Crippen molar-refractivity contribution in [2.24, 2.45) is 4.99 Å². The van der Waals surface area contributed by atoms with Crippen LogP contribution in [0.5, 0.6) is 0 Å². The van der Waals surface area contributed by atoms with E-state index in [4.69, 9.17) is 4.74 Å². The van der Waals surface area contributed by atoms with Gasteiger partial charge in [-0.25, -0.2) is 15.0 Å². The summed E-state index contributed by atoms with van der Waals surface area (Å²) in [4.78, 5) is 22.7. The number of pyridine rings is 1. The Kier molecular flexibility index (Phi) is 5.44. The van der Waals surface area contributed by atoms with Gasteiger partial charge in [0.2, 0.25) is 0 Å². The number of amides is 1. The molecule has 1 aromatic rings. The van der Waals surface area contributed by atoms with E-state index in [1.54, 1.807) is 35.2 Å². The lowest BCUT2D eigenvalue weighted by molar-refractivity contribution is 0.0302. The van der Waals surface area contributed by atoms with Crippen molar-refractivity contribution < 1.29 is 19.6 Å². The van der Waals surface area contributed by atoms with Crippen LogP contribution >= 0.6 is 0 Å². The molecule has 10 heteroatoms. The summed E-state index contributed by atoms with van der Waals surface area (Å²) >= 11 is 0. The summed E-state index contributed by atoms with van der Waals surface area (Å²) in [5.41, 5.74) is 4.21. The van der Waals surface area contributed by atoms with E-state index in [9.17, 15) is 14.8 Å². The molecule has 1 saturated heterocycles. The monoisotopic (exact) mass is 345 g/mol. The van der Waals surface area contributed by atoms with Gasteiger partial charge in [0, 0.05) is 26.3 Å². The fraction of sp³-hybridized carbons (Fsp3) is 0.400. The third kappa shape index (κ3) is 4.43. The predicted molar refractivity (Wildman–Crippen MR) is 92.1 cm³/mol. The van der Waals surface area contributed by atoms with Crippen LogP contribution in [0.3, 0.4) is 0 Å². The van der Waals surface area contributed by atoms with E-state index in [-0.39, 0.29) is 11.5 Å². The lowest BCUT2D eigenvalue weighted by Gasteiger charge is -2.26. The highest BCUT2D eigenvalue weighted by Crippen LogP contribution is 2.14. The van der Waals surface area contributed by atoms with Crippen molar-refractivity contribution in [1.82, 2.24) is 20.3 Å². The Morgan fingerprint density at radius 2 is 2.12 bits per heavy atom. The molecule has 0 radical (unpaired) electrons. The van der Waals surface area contributed by atoms with Crippen LogP contribution in [-0.4, -0.2) is 83.6 Å². The first-order chi connectivity index (χ1) is 12.0. The van der Waals surface area contributed by atoms with Gasteiger partial charge in [0.15, 0.2) is 5.82 Å². The van der Waals surface area contributed by atoms with Crippen molar-refractivity contribution in [3.63, 3.8) is 0 Å². The molecule has 0 unspecified atom stereocenters. The maximum atomic E-state index is 12.4. The number of morpholine rings is 1. The molecule has 0 aromatic carbocycles. The third-order valence-corrected chi connectivity index (χ3v) is 3.87. The van der Waals surface area contributed by atoms with Crippen LogP contribution in [0.1, 0.15) is 10.4 Å². The molecule has 3 heterocycles. The summed E-state index contributed by atoms with van der Waals surface area (Å²) < 4.78 is 5.25. The van der Waals surface area contributed by atoms with Gasteiger partial charge >= 0.3 is 7.12 Å². The van der Waals surface area contributed by atoms with Gasteiger partial charge in [-0.1, -0.05) is 0 Å². The van der Waals surface area contributed by atoms with Crippen LogP contribution in [0, 0.1) is 0 Å². The van der Waals surface area contributed by atoms with E-state index < -0.39 is 7.12 Å². The average molecular weight is 345 g/mol. The number of nitrogens with zero attached hydrogens (tertiary/aromatic N) is 4. The average Bonchev–Trinajstić information content (AvgIpc) is 2.62. The number of nitrogens with one attached hydrogen (secondary N) is 1. The number of carbonyl (C=O) groups is 1. The smallest absolute Gasteiger partial charge is 0.422 e. The number of carbonyl (C=O) groups excluding carboxylic acids is 1. The second-order valence-corrected chi connectivity index (χ2v) is 5.85. The van der Waals surface area contributed by atoms with Crippen LogP contribution in [0.15, 0.2) is 35.0 Å². The van der Waals surface area contributed by atoms with E-state index in [1.165, 1.54) is 6.20 Å². The summed E-state index contributed by atoms with van der Waals surface area (Å²) in [5.74, 6) is 0.383. The first-order valence-electron chi connectivity index (χ1n) is 7.99. The molecule has 0 atom stereocenters. The normalized spacial score (nSPS) is 20.2. The molecule has 0 saturated carbocycles. The van der Waals surface area contributed by atoms with Crippen molar-refractivity contribution in [2.45, 2.75) is 0 Å². The van der Waals surface area contributed by atoms with E-state index in [0.29, 0.717) is 49.9 Å². The standard InChI is InChI=1S/C15H20BN5O4/c1-20-10-12(8-13(19-20)16(23)24)18-14-3-2-11(9-17-14)15(22)21-4-6-25-7-5-21/h2-3,8-9,19,23-24H,4-7,10H2,1H3. The third-order valence-electron chi connectivity index (χ3n) is 3.87. The quantitative estimate of drug-likeness (QED) is 0.601. The van der Waals surface area contributed by atoms with Crippen LogP contribution < -0.4 is 5.43 Å². The van der Waals surface area contributed by atoms with E-state index in [0.717, 1.165) is 0 Å². The fourth-order valence-corrected chi connectivity index (χ4v) is 2.64. The minimum Gasteiger partial charge on any atom is -0.422 e. The van der Waals surface area contributed by atoms with Gasteiger partial charge in [0.1, 0.15) is 0 Å². The predicted octanol–water partition coefficient (Wildman–Crippen LogP) is -1.03. The summed E-state index contributed by atoms with van der Waals surface area (Å²) in [5, 5.41) is 20.2. The van der Waals surface area contributed by atoms with Crippen LogP contribution in [0.25, 0.3) is 0 Å². The van der Waals surface area contributed by atoms with Crippen LogP contribution in [0.2, 0.25) is 0 Å². The number of aromatic nitrogens is 1. The highest BCUT2D eigenvalue weighted by Gasteiger charge is 2.22. The first kappa shape index (κ1) is 17.6. The van der Waals surface area contributed by atoms with Gasteiger partial charge in [0.25, 0.3) is 5.91 Å². The Morgan fingerprint density at radius 1 is 1.36 bits per heavy atom. The molecule has 2 aliphatic heterocycles. The lowest BCUT2D eigenvalue weighted by atomic mass is 9.84. The van der Waals surface area contributed by atoms with Crippen LogP contribution in [0.4, 0.5) is 5.82 Å². The highest BCUT2D eigenvalue weighted by atomic mass is 16.5. The minimum atomic E-state index is -1.60. The van der Waals surface area contributed by atoms with Gasteiger partial charge in [-0.3, -0.25) is 4.79 Å². The topological polar surface area (TPSA) is 111 Å². The number of hydrogen-bond donors (Lipinski definition) is 3. The van der Waals surface area contributed by atoms with Crippen molar-refractivity contribution >= 4 is 24.6 Å². The van der Waals surface area contributed by atoms with Gasteiger partial charge in [-0.2, -0.15) is 0 Å². The number of rotatable bonds is 3. The molecule has 1 aromatic heterocycles. The molecule has 0 aliphatic carbocycles. The molecule has 132 valence electrons. The van der Waals surface area contributed by atoms with E-state index >= 15 is 0 Å². The number of aliphatic imine (C=N–C) groups is 1. The van der Waals surface area contributed by atoms with Crippen LogP contribution in [-0.2, 0) is 4.74 Å². The van der Waals surface area contributed by atoms with Gasteiger partial charge in [-0.05, 0) is 18.2 Å². The number of ether oxygens (including phenoxy) is 1.